The van der Waals surface area contributed by atoms with E-state index in [0.29, 0.717) is 0 Å². The molecule has 0 spiro atoms. The molecule has 5 nitrogen and oxygen atoms in total. The maximum atomic E-state index is 5.64. The van der Waals surface area contributed by atoms with Gasteiger partial charge in [0.15, 0.2) is 5.82 Å². The van der Waals surface area contributed by atoms with E-state index >= 15 is 0 Å². The van der Waals surface area contributed by atoms with Gasteiger partial charge in [-0.1, -0.05) is 0 Å². The lowest BCUT2D eigenvalue weighted by molar-refractivity contribution is 0.141. The third-order valence-electron chi connectivity index (χ3n) is 2.59. The van der Waals surface area contributed by atoms with Crippen molar-refractivity contribution in [2.45, 2.75) is 19.9 Å². The van der Waals surface area contributed by atoms with Gasteiger partial charge in [0.25, 0.3) is 0 Å². The Morgan fingerprint density at radius 1 is 1.28 bits per heavy atom. The first-order valence-corrected chi connectivity index (χ1v) is 6.12. The molecule has 0 fully saturated rings. The largest absolute Gasteiger partial charge is 0.399 e. The Kier molecular flexibility index (Phi) is 4.30. The van der Waals surface area contributed by atoms with Crippen molar-refractivity contribution in [2.75, 3.05) is 18.9 Å². The first-order valence-electron chi connectivity index (χ1n) is 6.12. The summed E-state index contributed by atoms with van der Waals surface area (Å²) >= 11 is 0. The van der Waals surface area contributed by atoms with Gasteiger partial charge in [-0.15, -0.1) is 0 Å². The van der Waals surface area contributed by atoms with Crippen LogP contribution < -0.4 is 5.73 Å². The molecule has 1 aromatic heterocycles. The van der Waals surface area contributed by atoms with Crippen molar-refractivity contribution < 1.29 is 4.74 Å². The molecule has 96 valence electrons. The molecule has 0 aliphatic carbocycles. The lowest BCUT2D eigenvalue weighted by Crippen LogP contribution is -2.03. The average molecular weight is 246 g/mol. The Morgan fingerprint density at radius 3 is 2.78 bits per heavy atom. The van der Waals surface area contributed by atoms with Crippen LogP contribution in [0.3, 0.4) is 0 Å². The van der Waals surface area contributed by atoms with Crippen molar-refractivity contribution in [3.05, 3.63) is 30.6 Å². The molecule has 0 aliphatic rings. The minimum atomic E-state index is 0.728. The van der Waals surface area contributed by atoms with Crippen LogP contribution in [0.25, 0.3) is 11.4 Å². The second-order valence-electron chi connectivity index (χ2n) is 4.00. The topological polar surface area (TPSA) is 66.0 Å². The fourth-order valence-electron chi connectivity index (χ4n) is 1.64. The number of benzene rings is 1. The molecule has 2 rings (SSSR count). The molecule has 5 heteroatoms. The van der Waals surface area contributed by atoms with Gasteiger partial charge in [0.1, 0.15) is 6.33 Å². The number of rotatable bonds is 6. The van der Waals surface area contributed by atoms with E-state index < -0.39 is 0 Å². The number of aryl methyl sites for hydroxylation is 1. The van der Waals surface area contributed by atoms with E-state index in [1.165, 1.54) is 0 Å². The van der Waals surface area contributed by atoms with E-state index in [1.54, 1.807) is 6.33 Å². The molecule has 0 aliphatic heterocycles. The van der Waals surface area contributed by atoms with E-state index in [2.05, 4.69) is 10.1 Å². The molecular formula is C13H18N4O. The number of hydrogen-bond acceptors (Lipinski definition) is 4. The Balaban J connectivity index is 1.95. The van der Waals surface area contributed by atoms with Crippen LogP contribution in [0.5, 0.6) is 0 Å². The molecule has 1 heterocycles. The van der Waals surface area contributed by atoms with Gasteiger partial charge in [0.05, 0.1) is 0 Å². The SMILES string of the molecule is CCOCCCn1cnc(-c2ccc(N)cc2)n1. The van der Waals surface area contributed by atoms with Crippen LogP contribution in [-0.4, -0.2) is 28.0 Å². The highest BCUT2D eigenvalue weighted by Crippen LogP contribution is 2.15. The second-order valence-corrected chi connectivity index (χ2v) is 4.00. The standard InChI is InChI=1S/C13H18N4O/c1-2-18-9-3-8-17-10-15-13(16-17)11-4-6-12(14)7-5-11/h4-7,10H,2-3,8-9,14H2,1H3. The summed E-state index contributed by atoms with van der Waals surface area (Å²) in [5.74, 6) is 0.728. The zero-order valence-corrected chi connectivity index (χ0v) is 10.5. The Morgan fingerprint density at radius 2 is 2.06 bits per heavy atom. The fourth-order valence-corrected chi connectivity index (χ4v) is 1.64. The number of aromatic nitrogens is 3. The predicted molar refractivity (Wildman–Crippen MR) is 71.0 cm³/mol. The van der Waals surface area contributed by atoms with Gasteiger partial charge >= 0.3 is 0 Å². The predicted octanol–water partition coefficient (Wildman–Crippen LogP) is 1.95. The molecule has 2 N–H and O–H groups in total. The number of nitrogens with two attached hydrogens (primary N) is 1. The Labute approximate surface area is 107 Å². The summed E-state index contributed by atoms with van der Waals surface area (Å²) in [5.41, 5.74) is 7.37. The summed E-state index contributed by atoms with van der Waals surface area (Å²) in [6.45, 7) is 4.33. The summed E-state index contributed by atoms with van der Waals surface area (Å²) in [4.78, 5) is 4.29. The van der Waals surface area contributed by atoms with Crippen molar-refractivity contribution in [3.8, 4) is 11.4 Å². The summed E-state index contributed by atoms with van der Waals surface area (Å²) in [6, 6.07) is 7.56. The molecular weight excluding hydrogens is 228 g/mol. The minimum absolute atomic E-state index is 0.728. The number of nitrogen functional groups attached to an aromatic ring is 1. The molecule has 1 aromatic carbocycles. The van der Waals surface area contributed by atoms with Crippen molar-refractivity contribution in [1.82, 2.24) is 14.8 Å². The maximum Gasteiger partial charge on any atom is 0.181 e. The first-order chi connectivity index (χ1) is 8.79. The molecule has 0 saturated carbocycles. The molecule has 0 unspecified atom stereocenters. The fraction of sp³-hybridized carbons (Fsp3) is 0.385. The number of anilines is 1. The molecule has 0 atom stereocenters. The van der Waals surface area contributed by atoms with E-state index in [9.17, 15) is 0 Å². The van der Waals surface area contributed by atoms with Crippen LogP contribution in [0.1, 0.15) is 13.3 Å². The summed E-state index contributed by atoms with van der Waals surface area (Å²) < 4.78 is 7.12. The van der Waals surface area contributed by atoms with Crippen LogP contribution in [0.2, 0.25) is 0 Å². The quantitative estimate of drug-likeness (QED) is 0.625. The normalized spacial score (nSPS) is 10.7. The number of hydrogen-bond donors (Lipinski definition) is 1. The molecule has 0 amide bonds. The van der Waals surface area contributed by atoms with Crippen LogP contribution >= 0.6 is 0 Å². The summed E-state index contributed by atoms with van der Waals surface area (Å²) in [5, 5.41) is 4.42. The van der Waals surface area contributed by atoms with E-state index in [0.717, 1.165) is 43.3 Å². The maximum absolute atomic E-state index is 5.64. The van der Waals surface area contributed by atoms with Gasteiger partial charge in [-0.25, -0.2) is 4.98 Å². The zero-order valence-electron chi connectivity index (χ0n) is 10.5. The van der Waals surface area contributed by atoms with E-state index in [-0.39, 0.29) is 0 Å². The Hall–Kier alpha value is -1.88. The zero-order chi connectivity index (χ0) is 12.8. The number of ether oxygens (including phenoxy) is 1. The van der Waals surface area contributed by atoms with Crippen molar-refractivity contribution in [1.29, 1.82) is 0 Å². The van der Waals surface area contributed by atoms with E-state index in [4.69, 9.17) is 10.5 Å². The third-order valence-corrected chi connectivity index (χ3v) is 2.59. The minimum Gasteiger partial charge on any atom is -0.399 e. The highest BCUT2D eigenvalue weighted by Gasteiger charge is 2.03. The van der Waals surface area contributed by atoms with Crippen molar-refractivity contribution >= 4 is 5.69 Å². The average Bonchev–Trinajstić information content (AvgIpc) is 2.84. The summed E-state index contributed by atoms with van der Waals surface area (Å²) in [6.07, 6.45) is 2.69. The van der Waals surface area contributed by atoms with Crippen molar-refractivity contribution in [3.63, 3.8) is 0 Å². The molecule has 0 radical (unpaired) electrons. The molecule has 18 heavy (non-hydrogen) atoms. The van der Waals surface area contributed by atoms with Gasteiger partial charge in [-0.2, -0.15) is 5.10 Å². The molecule has 0 bridgehead atoms. The van der Waals surface area contributed by atoms with Crippen molar-refractivity contribution in [2.24, 2.45) is 0 Å². The van der Waals surface area contributed by atoms with Gasteiger partial charge in [0, 0.05) is 31.0 Å². The van der Waals surface area contributed by atoms with Crippen LogP contribution in [0.15, 0.2) is 30.6 Å². The highest BCUT2D eigenvalue weighted by atomic mass is 16.5. The van der Waals surface area contributed by atoms with Gasteiger partial charge in [0.2, 0.25) is 0 Å². The van der Waals surface area contributed by atoms with Gasteiger partial charge in [-0.3, -0.25) is 4.68 Å². The summed E-state index contributed by atoms with van der Waals surface area (Å²) in [7, 11) is 0. The number of nitrogens with zero attached hydrogens (tertiary/aromatic N) is 3. The lowest BCUT2D eigenvalue weighted by Gasteiger charge is -2.01. The monoisotopic (exact) mass is 246 g/mol. The first kappa shape index (κ1) is 12.6. The third kappa shape index (κ3) is 3.30. The van der Waals surface area contributed by atoms with E-state index in [1.807, 2.05) is 35.9 Å². The molecule has 2 aromatic rings. The van der Waals surface area contributed by atoms with Gasteiger partial charge in [-0.05, 0) is 37.6 Å². The molecule has 0 saturated heterocycles. The Bertz CT molecular complexity index is 478. The van der Waals surface area contributed by atoms with Crippen LogP contribution in [0, 0.1) is 0 Å². The lowest BCUT2D eigenvalue weighted by atomic mass is 10.2. The van der Waals surface area contributed by atoms with Crippen LogP contribution in [-0.2, 0) is 11.3 Å². The smallest absolute Gasteiger partial charge is 0.181 e. The highest BCUT2D eigenvalue weighted by molar-refractivity contribution is 5.57. The second kappa shape index (κ2) is 6.16. The van der Waals surface area contributed by atoms with Crippen LogP contribution in [0.4, 0.5) is 5.69 Å². The van der Waals surface area contributed by atoms with Gasteiger partial charge < -0.3 is 10.5 Å².